The number of benzene rings is 16. The molecule has 2 aliphatic carbocycles. The first-order valence-electron chi connectivity index (χ1n) is 51.1. The molecule has 16 aromatic carbocycles. The summed E-state index contributed by atoms with van der Waals surface area (Å²) in [7, 11) is 0. The monoisotopic (exact) mass is 1840 g/mol. The van der Waals surface area contributed by atoms with Crippen LogP contribution >= 0.6 is 0 Å². The van der Waals surface area contributed by atoms with E-state index in [4.69, 9.17) is 0 Å². The van der Waals surface area contributed by atoms with Crippen molar-refractivity contribution in [3.05, 3.63) is 418 Å². The Labute approximate surface area is 841 Å². The number of rotatable bonds is 14. The van der Waals surface area contributed by atoms with Gasteiger partial charge in [-0.25, -0.2) is 0 Å². The zero-order valence-electron chi connectivity index (χ0n) is 89.8. The molecule has 0 saturated heterocycles. The van der Waals surface area contributed by atoms with E-state index >= 15 is 0 Å². The van der Waals surface area contributed by atoms with Gasteiger partial charge in [0.05, 0.1) is 11.4 Å². The van der Waals surface area contributed by atoms with Crippen LogP contribution in [0.25, 0.3) is 111 Å². The van der Waals surface area contributed by atoms with Gasteiger partial charge in [-0.15, -0.1) is 0 Å². The predicted molar refractivity (Wildman–Crippen MR) is 609 cm³/mol. The maximum absolute atomic E-state index is 2.51. The molecular weight excluding hydrogens is 1690 g/mol. The Bertz CT molecular complexity index is 7290. The van der Waals surface area contributed by atoms with Crippen LogP contribution < -0.4 is 9.80 Å². The van der Waals surface area contributed by atoms with Gasteiger partial charge in [-0.05, 0) is 306 Å². The molecule has 2 heteroatoms. The van der Waals surface area contributed by atoms with E-state index in [2.05, 4.69) is 570 Å². The molecule has 0 radical (unpaired) electrons. The SMILES string of the molecule is CC(C)(C)c1cc(-c2cccc(-c3cccc(N(c4ccc5c(c4)C(C)(C)c4ccccc4-5)c4ccccc4-c4cc(C(C)(C)C)cc(C(C)(C)C)c4)c3)c2)cc(-c2cc(C(C)(C)C)cc(C(C)(C)C)c2)c1.CC(C)(C)c1ccc(-c2ccccc2N(c2cccc(-c3cccc(-c4cc(-c5cc(C(C)(C)C)cc(C(C)(C)C)c5)cc(C(C)(C)C)c4)c3)c2)c2ccc3c(c2)C(C)(C)c2ccccc2-3)cc1. The molecule has 2 nitrogen and oxygen atoms in total. The van der Waals surface area contributed by atoms with Gasteiger partial charge in [-0.3, -0.25) is 0 Å². The number of fused-ring (bicyclic) bond motifs is 6. The first-order valence-corrected chi connectivity index (χ1v) is 51.1. The molecule has 0 N–H and O–H groups in total. The van der Waals surface area contributed by atoms with Gasteiger partial charge in [0.1, 0.15) is 0 Å². The third-order valence-electron chi connectivity index (χ3n) is 29.8. The summed E-state index contributed by atoms with van der Waals surface area (Å²) >= 11 is 0. The first-order chi connectivity index (χ1) is 65.5. The van der Waals surface area contributed by atoms with E-state index in [0.717, 1.165) is 34.1 Å². The summed E-state index contributed by atoms with van der Waals surface area (Å²) in [5.41, 5.74) is 49.1. The summed E-state index contributed by atoms with van der Waals surface area (Å²) in [6, 6.07) is 132. The van der Waals surface area contributed by atoms with Crippen molar-refractivity contribution in [3.63, 3.8) is 0 Å². The lowest BCUT2D eigenvalue weighted by Gasteiger charge is -2.31. The van der Waals surface area contributed by atoms with Crippen molar-refractivity contribution in [2.45, 2.75) is 274 Å². The van der Waals surface area contributed by atoms with Gasteiger partial charge in [0.2, 0.25) is 0 Å². The van der Waals surface area contributed by atoms with E-state index in [9.17, 15) is 0 Å². The number of para-hydroxylation sites is 2. The van der Waals surface area contributed by atoms with E-state index in [1.807, 2.05) is 0 Å². The molecule has 0 heterocycles. The van der Waals surface area contributed by atoms with E-state index in [1.165, 1.54) is 184 Å². The van der Waals surface area contributed by atoms with Crippen molar-refractivity contribution in [2.24, 2.45) is 0 Å². The summed E-state index contributed by atoms with van der Waals surface area (Å²) in [6.07, 6.45) is 0. The van der Waals surface area contributed by atoms with E-state index < -0.39 is 0 Å². The zero-order valence-corrected chi connectivity index (χ0v) is 89.8. The molecule has 0 unspecified atom stereocenters. The van der Waals surface area contributed by atoms with Crippen LogP contribution in [0.4, 0.5) is 34.1 Å². The normalized spacial score (nSPS) is 13.7. The maximum Gasteiger partial charge on any atom is 0.0540 e. The van der Waals surface area contributed by atoms with Crippen molar-refractivity contribution in [1.29, 1.82) is 0 Å². The van der Waals surface area contributed by atoms with Gasteiger partial charge in [0, 0.05) is 44.7 Å². The molecule has 16 aromatic rings. The van der Waals surface area contributed by atoms with Crippen LogP contribution in [0.2, 0.25) is 0 Å². The molecule has 18 rings (SSSR count). The Balaban J connectivity index is 0.000000193. The highest BCUT2D eigenvalue weighted by Gasteiger charge is 2.39. The molecule has 0 fully saturated rings. The lowest BCUT2D eigenvalue weighted by molar-refractivity contribution is 0.568. The molecule has 2 aliphatic rings. The van der Waals surface area contributed by atoms with Gasteiger partial charge in [-0.1, -0.05) is 475 Å². The van der Waals surface area contributed by atoms with Gasteiger partial charge < -0.3 is 9.80 Å². The highest BCUT2D eigenvalue weighted by atomic mass is 15.2. The maximum atomic E-state index is 2.51. The van der Waals surface area contributed by atoms with Gasteiger partial charge in [0.25, 0.3) is 0 Å². The molecular formula is C138H150N2. The molecule has 0 aliphatic heterocycles. The summed E-state index contributed by atoms with van der Waals surface area (Å²) in [5.74, 6) is 0. The highest BCUT2D eigenvalue weighted by molar-refractivity contribution is 5.95. The van der Waals surface area contributed by atoms with Crippen LogP contribution in [-0.2, 0) is 59.6 Å². The van der Waals surface area contributed by atoms with Crippen molar-refractivity contribution in [3.8, 4) is 111 Å². The molecule has 712 valence electrons. The average molecular weight is 1840 g/mol. The van der Waals surface area contributed by atoms with E-state index in [-0.39, 0.29) is 59.6 Å². The fourth-order valence-corrected chi connectivity index (χ4v) is 20.7. The highest BCUT2D eigenvalue weighted by Crippen LogP contribution is 2.56. The molecule has 0 atom stereocenters. The number of hydrogen-bond donors (Lipinski definition) is 0. The zero-order chi connectivity index (χ0) is 100. The van der Waals surface area contributed by atoms with Crippen molar-refractivity contribution >= 4 is 34.1 Å². The summed E-state index contributed by atoms with van der Waals surface area (Å²) in [6.45, 7) is 72.2. The molecule has 140 heavy (non-hydrogen) atoms. The van der Waals surface area contributed by atoms with Crippen LogP contribution in [0.3, 0.4) is 0 Å². The third kappa shape index (κ3) is 20.2. The minimum Gasteiger partial charge on any atom is -0.310 e. The Hall–Kier alpha value is -12.9. The van der Waals surface area contributed by atoms with Gasteiger partial charge in [0.15, 0.2) is 0 Å². The molecule has 0 bridgehead atoms. The Morgan fingerprint density at radius 1 is 0.143 bits per heavy atom. The van der Waals surface area contributed by atoms with E-state index in [0.29, 0.717) is 0 Å². The molecule has 0 amide bonds. The number of nitrogens with zero attached hydrogens (tertiary/aromatic N) is 2. The average Bonchev–Trinajstić information content (AvgIpc) is 1.59. The summed E-state index contributed by atoms with van der Waals surface area (Å²) < 4.78 is 0. The Morgan fingerprint density at radius 3 is 0.679 bits per heavy atom. The Morgan fingerprint density at radius 2 is 0.364 bits per heavy atom. The van der Waals surface area contributed by atoms with Crippen LogP contribution in [-0.4, -0.2) is 0 Å². The van der Waals surface area contributed by atoms with Gasteiger partial charge in [-0.2, -0.15) is 0 Å². The predicted octanol–water partition coefficient (Wildman–Crippen LogP) is 39.9. The lowest BCUT2D eigenvalue weighted by Crippen LogP contribution is -2.17. The van der Waals surface area contributed by atoms with Crippen molar-refractivity contribution < 1.29 is 0 Å². The van der Waals surface area contributed by atoms with Crippen molar-refractivity contribution in [2.75, 3.05) is 9.80 Å². The quantitative estimate of drug-likeness (QED) is 0.107. The third-order valence-corrected chi connectivity index (χ3v) is 29.8. The van der Waals surface area contributed by atoms with Crippen LogP contribution in [0.1, 0.15) is 287 Å². The number of anilines is 6. The summed E-state index contributed by atoms with van der Waals surface area (Å²) in [5, 5.41) is 0. The minimum atomic E-state index is -0.146. The Kier molecular flexibility index (Phi) is 25.6. The van der Waals surface area contributed by atoms with Crippen molar-refractivity contribution in [1.82, 2.24) is 0 Å². The standard InChI is InChI=1S/C71H79N.C67H71N/c1-66(2,3)53-36-49(35-50(37-53)51-38-54(67(4,5)6)43-55(39-51)68(7,8)9)47-25-22-24-46(34-47)48-26-23-27-58(42-48)72(59-32-33-62-61-29-18-20-30-63(61)71(16,17)64(62)45-59)65-31-21-19-28-60(65)52-40-56(69(10,11)12)44-57(41-52)70(13,14)15;1-63(2,3)51-31-29-44(30-32-51)57-25-16-18-28-62(57)68(56-33-34-59-58-26-15-17-27-60(58)67(13,14)61(59)43-56)55-24-20-23-47(41-55)45-21-19-22-46(35-45)48-36-49(38-52(37-48)64(4,5)6)50-39-53(65(7,8)9)42-54(40-50)66(10,11)12/h18-45H,1-17H3;15-43H,1-14H3. The first kappa shape index (κ1) is 98.7. The topological polar surface area (TPSA) is 6.48 Å². The molecule has 0 saturated carbocycles. The molecule has 0 aromatic heterocycles. The minimum absolute atomic E-state index is 0.0170. The van der Waals surface area contributed by atoms with E-state index in [1.54, 1.807) is 0 Å². The fourth-order valence-electron chi connectivity index (χ4n) is 20.7. The van der Waals surface area contributed by atoms with Gasteiger partial charge >= 0.3 is 0 Å². The molecule has 0 spiro atoms. The number of hydrogen-bond acceptors (Lipinski definition) is 2. The second kappa shape index (κ2) is 36.3. The smallest absolute Gasteiger partial charge is 0.0540 e. The lowest BCUT2D eigenvalue weighted by atomic mass is 9.78. The fraction of sp³-hybridized carbons (Fsp3) is 0.304. The van der Waals surface area contributed by atoms with Crippen LogP contribution in [0.5, 0.6) is 0 Å². The largest absolute Gasteiger partial charge is 0.310 e. The van der Waals surface area contributed by atoms with Crippen LogP contribution in [0, 0.1) is 0 Å². The van der Waals surface area contributed by atoms with Crippen LogP contribution in [0.15, 0.2) is 346 Å². The second-order valence-electron chi connectivity index (χ2n) is 50.6. The second-order valence-corrected chi connectivity index (χ2v) is 50.6. The summed E-state index contributed by atoms with van der Waals surface area (Å²) in [4.78, 5) is 5.00.